The van der Waals surface area contributed by atoms with E-state index >= 15 is 0 Å². The van der Waals surface area contributed by atoms with Crippen LogP contribution in [0.1, 0.15) is 17.8 Å². The van der Waals surface area contributed by atoms with Crippen molar-refractivity contribution in [3.8, 4) is 0 Å². The number of thioether (sulfide) groups is 1. The molecule has 5 heteroatoms. The smallest absolute Gasteiger partial charge is 0.0925 e. The lowest BCUT2D eigenvalue weighted by atomic mass is 10.0. The van der Waals surface area contributed by atoms with Gasteiger partial charge in [0.15, 0.2) is 0 Å². The van der Waals surface area contributed by atoms with Gasteiger partial charge in [-0.1, -0.05) is 0 Å². The van der Waals surface area contributed by atoms with Gasteiger partial charge in [-0.05, 0) is 18.7 Å². The first-order valence-corrected chi connectivity index (χ1v) is 7.62. The second-order valence-electron chi connectivity index (χ2n) is 4.88. The van der Waals surface area contributed by atoms with Gasteiger partial charge in [-0.3, -0.25) is 0 Å². The quantitative estimate of drug-likeness (QED) is 0.819. The van der Waals surface area contributed by atoms with Gasteiger partial charge in [-0.15, -0.1) is 0 Å². The van der Waals surface area contributed by atoms with Gasteiger partial charge in [-0.25, -0.2) is 4.98 Å². The zero-order chi connectivity index (χ0) is 11.5. The third-order valence-corrected chi connectivity index (χ3v) is 4.66. The predicted molar refractivity (Wildman–Crippen MR) is 71.3 cm³/mol. The molecule has 4 nitrogen and oxygen atoms in total. The maximum atomic E-state index is 4.40. The molecule has 17 heavy (non-hydrogen) atoms. The predicted octanol–water partition coefficient (Wildman–Crippen LogP) is 0.863. The molecule has 3 heterocycles. The summed E-state index contributed by atoms with van der Waals surface area (Å²) in [5.41, 5.74) is 2.53. The van der Waals surface area contributed by atoms with E-state index in [1.807, 2.05) is 6.33 Å². The highest BCUT2D eigenvalue weighted by Gasteiger charge is 2.22. The van der Waals surface area contributed by atoms with Crippen molar-refractivity contribution in [2.24, 2.45) is 0 Å². The Kier molecular flexibility index (Phi) is 3.68. The van der Waals surface area contributed by atoms with E-state index in [2.05, 4.69) is 31.9 Å². The molecule has 2 aliphatic heterocycles. The van der Waals surface area contributed by atoms with Crippen molar-refractivity contribution in [1.29, 1.82) is 0 Å². The van der Waals surface area contributed by atoms with E-state index in [1.165, 1.54) is 48.9 Å². The van der Waals surface area contributed by atoms with Crippen LogP contribution in [-0.2, 0) is 13.0 Å². The van der Waals surface area contributed by atoms with Crippen LogP contribution >= 0.6 is 11.8 Å². The third-order valence-electron chi connectivity index (χ3n) is 3.61. The van der Waals surface area contributed by atoms with Crippen LogP contribution in [0, 0.1) is 0 Å². The molecule has 3 rings (SSSR count). The average molecular weight is 252 g/mol. The van der Waals surface area contributed by atoms with Crippen LogP contribution in [0.4, 0.5) is 0 Å². The lowest BCUT2D eigenvalue weighted by Crippen LogP contribution is -2.45. The Morgan fingerprint density at radius 3 is 3.41 bits per heavy atom. The standard InChI is InChI=1S/C12H20N4S/c1-2-16(3-5-17-4-1)8-10-6-11-12(7-13-10)15-9-14-11/h9-10,13H,1-8H2,(H,14,15). The highest BCUT2D eigenvalue weighted by Crippen LogP contribution is 2.15. The maximum absolute atomic E-state index is 4.40. The van der Waals surface area contributed by atoms with Gasteiger partial charge in [0, 0.05) is 37.8 Å². The van der Waals surface area contributed by atoms with Crippen LogP contribution in [0.25, 0.3) is 0 Å². The largest absolute Gasteiger partial charge is 0.347 e. The lowest BCUT2D eigenvalue weighted by molar-refractivity contribution is 0.251. The van der Waals surface area contributed by atoms with Crippen molar-refractivity contribution in [3.63, 3.8) is 0 Å². The van der Waals surface area contributed by atoms with E-state index < -0.39 is 0 Å². The molecule has 94 valence electrons. The minimum atomic E-state index is 0.578. The topological polar surface area (TPSA) is 44.0 Å². The van der Waals surface area contributed by atoms with Crippen molar-refractivity contribution < 1.29 is 0 Å². The summed E-state index contributed by atoms with van der Waals surface area (Å²) in [6, 6.07) is 0.578. The molecule has 1 saturated heterocycles. The summed E-state index contributed by atoms with van der Waals surface area (Å²) in [5, 5.41) is 3.61. The minimum Gasteiger partial charge on any atom is -0.347 e. The number of rotatable bonds is 2. The molecule has 0 radical (unpaired) electrons. The maximum Gasteiger partial charge on any atom is 0.0925 e. The van der Waals surface area contributed by atoms with Crippen molar-refractivity contribution in [2.45, 2.75) is 25.4 Å². The van der Waals surface area contributed by atoms with Crippen LogP contribution < -0.4 is 5.32 Å². The number of aromatic nitrogens is 2. The van der Waals surface area contributed by atoms with Gasteiger partial charge >= 0.3 is 0 Å². The summed E-state index contributed by atoms with van der Waals surface area (Å²) in [7, 11) is 0. The number of nitrogens with zero attached hydrogens (tertiary/aromatic N) is 2. The number of imidazole rings is 1. The first kappa shape index (κ1) is 11.6. The second-order valence-corrected chi connectivity index (χ2v) is 6.10. The molecule has 1 aromatic rings. The van der Waals surface area contributed by atoms with E-state index in [0.717, 1.165) is 13.0 Å². The minimum absolute atomic E-state index is 0.578. The molecule has 0 amide bonds. The monoisotopic (exact) mass is 252 g/mol. The normalized spacial score (nSPS) is 26.5. The third kappa shape index (κ3) is 2.84. The molecule has 0 saturated carbocycles. The molecule has 1 atom stereocenters. The SMILES string of the molecule is c1nc2c([nH]1)CNC(CN1CCCSCC1)C2. The molecular weight excluding hydrogens is 232 g/mol. The van der Waals surface area contributed by atoms with Crippen molar-refractivity contribution >= 4 is 11.8 Å². The summed E-state index contributed by atoms with van der Waals surface area (Å²) in [6.07, 6.45) is 4.23. The molecule has 2 aliphatic rings. The number of H-pyrrole nitrogens is 1. The molecular formula is C12H20N4S. The Labute approximate surface area is 107 Å². The van der Waals surface area contributed by atoms with Gasteiger partial charge in [0.25, 0.3) is 0 Å². The van der Waals surface area contributed by atoms with E-state index in [9.17, 15) is 0 Å². The summed E-state index contributed by atoms with van der Waals surface area (Å²) in [5.74, 6) is 2.62. The van der Waals surface area contributed by atoms with E-state index in [-0.39, 0.29) is 0 Å². The molecule has 2 N–H and O–H groups in total. The summed E-state index contributed by atoms with van der Waals surface area (Å²) >= 11 is 2.09. The Morgan fingerprint density at radius 2 is 2.41 bits per heavy atom. The highest BCUT2D eigenvalue weighted by atomic mass is 32.2. The molecule has 1 fully saturated rings. The zero-order valence-corrected chi connectivity index (χ0v) is 10.9. The molecule has 1 unspecified atom stereocenters. The van der Waals surface area contributed by atoms with Crippen molar-refractivity contribution in [1.82, 2.24) is 20.2 Å². The Hall–Kier alpha value is -0.520. The van der Waals surface area contributed by atoms with Crippen molar-refractivity contribution in [3.05, 3.63) is 17.7 Å². The summed E-state index contributed by atoms with van der Waals surface area (Å²) in [6.45, 7) is 4.63. The van der Waals surface area contributed by atoms with E-state index in [1.54, 1.807) is 0 Å². The first-order valence-electron chi connectivity index (χ1n) is 6.46. The van der Waals surface area contributed by atoms with Crippen LogP contribution in [-0.4, -0.2) is 52.0 Å². The zero-order valence-electron chi connectivity index (χ0n) is 10.1. The van der Waals surface area contributed by atoms with Crippen LogP contribution in [0.3, 0.4) is 0 Å². The lowest BCUT2D eigenvalue weighted by Gasteiger charge is -2.29. The van der Waals surface area contributed by atoms with Gasteiger partial charge in [-0.2, -0.15) is 11.8 Å². The average Bonchev–Trinajstić information content (AvgIpc) is 2.65. The number of hydrogen-bond acceptors (Lipinski definition) is 4. The van der Waals surface area contributed by atoms with Gasteiger partial charge in [0.2, 0.25) is 0 Å². The van der Waals surface area contributed by atoms with Gasteiger partial charge in [0.1, 0.15) is 0 Å². The molecule has 0 spiro atoms. The van der Waals surface area contributed by atoms with Gasteiger partial charge < -0.3 is 15.2 Å². The fourth-order valence-electron chi connectivity index (χ4n) is 2.65. The summed E-state index contributed by atoms with van der Waals surface area (Å²) in [4.78, 5) is 10.2. The Morgan fingerprint density at radius 1 is 1.41 bits per heavy atom. The summed E-state index contributed by atoms with van der Waals surface area (Å²) < 4.78 is 0. The molecule has 0 bridgehead atoms. The van der Waals surface area contributed by atoms with E-state index in [0.29, 0.717) is 6.04 Å². The molecule has 1 aromatic heterocycles. The number of nitrogens with one attached hydrogen (secondary N) is 2. The van der Waals surface area contributed by atoms with Crippen LogP contribution in [0.15, 0.2) is 6.33 Å². The number of fused-ring (bicyclic) bond motifs is 1. The van der Waals surface area contributed by atoms with Gasteiger partial charge in [0.05, 0.1) is 17.7 Å². The van der Waals surface area contributed by atoms with Crippen molar-refractivity contribution in [2.75, 3.05) is 31.1 Å². The first-order chi connectivity index (χ1) is 8.42. The number of hydrogen-bond donors (Lipinski definition) is 2. The molecule has 0 aromatic carbocycles. The fraction of sp³-hybridized carbons (Fsp3) is 0.750. The molecule has 0 aliphatic carbocycles. The second kappa shape index (κ2) is 5.42. The number of aromatic amines is 1. The fourth-order valence-corrected chi connectivity index (χ4v) is 3.58. The van der Waals surface area contributed by atoms with Crippen LogP contribution in [0.2, 0.25) is 0 Å². The Bertz CT molecular complexity index is 357. The van der Waals surface area contributed by atoms with E-state index in [4.69, 9.17) is 0 Å². The highest BCUT2D eigenvalue weighted by molar-refractivity contribution is 7.99. The Balaban J connectivity index is 1.56. The van der Waals surface area contributed by atoms with Crippen LogP contribution in [0.5, 0.6) is 0 Å².